The zero-order valence-electron chi connectivity index (χ0n) is 18.2. The molecule has 0 saturated heterocycles. The summed E-state index contributed by atoms with van der Waals surface area (Å²) in [5.41, 5.74) is 2.91. The van der Waals surface area contributed by atoms with Crippen LogP contribution in [-0.2, 0) is 4.79 Å². The van der Waals surface area contributed by atoms with Crippen LogP contribution in [0.5, 0.6) is 5.75 Å². The van der Waals surface area contributed by atoms with Crippen LogP contribution in [0.15, 0.2) is 84.0 Å². The molecule has 0 spiro atoms. The summed E-state index contributed by atoms with van der Waals surface area (Å²) in [6, 6.07) is 24.2. The standard InChI is InChI=1S/C25H22N4O3S/c1-17(30)26-19-14-12-18(13-15-19)22(31)16-33-25-28-27-24(21-10-6-7-11-23(21)32-2)29(25)20-8-4-3-5-9-20/h3-15H,16H2,1-2H3,(H,26,30). The third-order valence-electron chi connectivity index (χ3n) is 4.86. The Bertz CT molecular complexity index is 1270. The van der Waals surface area contributed by atoms with Gasteiger partial charge in [-0.25, -0.2) is 0 Å². The average molecular weight is 459 g/mol. The van der Waals surface area contributed by atoms with Crippen LogP contribution in [0.4, 0.5) is 5.69 Å². The van der Waals surface area contributed by atoms with E-state index in [2.05, 4.69) is 15.5 Å². The van der Waals surface area contributed by atoms with Gasteiger partial charge in [0.1, 0.15) is 5.75 Å². The van der Waals surface area contributed by atoms with Crippen LogP contribution in [0.3, 0.4) is 0 Å². The molecule has 0 radical (unpaired) electrons. The molecule has 1 amide bonds. The number of amides is 1. The lowest BCUT2D eigenvalue weighted by atomic mass is 10.1. The molecule has 3 aromatic carbocycles. The summed E-state index contributed by atoms with van der Waals surface area (Å²) in [4.78, 5) is 24.0. The molecule has 1 N–H and O–H groups in total. The fourth-order valence-electron chi connectivity index (χ4n) is 3.33. The Morgan fingerprint density at radius 2 is 1.64 bits per heavy atom. The summed E-state index contributed by atoms with van der Waals surface area (Å²) >= 11 is 1.32. The number of thioether (sulfide) groups is 1. The molecule has 0 saturated carbocycles. The second-order valence-electron chi connectivity index (χ2n) is 7.15. The molecule has 0 aliphatic rings. The summed E-state index contributed by atoms with van der Waals surface area (Å²) in [5.74, 6) is 1.31. The van der Waals surface area contributed by atoms with E-state index in [4.69, 9.17) is 4.74 Å². The molecule has 4 rings (SSSR count). The summed E-state index contributed by atoms with van der Waals surface area (Å²) in [6.07, 6.45) is 0. The summed E-state index contributed by atoms with van der Waals surface area (Å²) in [6.45, 7) is 1.44. The molecule has 0 aliphatic heterocycles. The van der Waals surface area contributed by atoms with Gasteiger partial charge in [-0.05, 0) is 48.5 Å². The number of benzene rings is 3. The largest absolute Gasteiger partial charge is 0.496 e. The molecule has 166 valence electrons. The molecule has 0 unspecified atom stereocenters. The smallest absolute Gasteiger partial charge is 0.221 e. The minimum atomic E-state index is -0.157. The molecular formula is C25H22N4O3S. The lowest BCUT2D eigenvalue weighted by Gasteiger charge is -2.12. The van der Waals surface area contributed by atoms with Gasteiger partial charge in [-0.3, -0.25) is 14.2 Å². The number of Topliss-reactive ketones (excluding diaryl/α,β-unsaturated/α-hetero) is 1. The molecule has 0 aliphatic carbocycles. The Morgan fingerprint density at radius 1 is 0.939 bits per heavy atom. The molecular weight excluding hydrogens is 436 g/mol. The van der Waals surface area contributed by atoms with E-state index >= 15 is 0 Å². The number of ketones is 1. The molecule has 33 heavy (non-hydrogen) atoms. The Morgan fingerprint density at radius 3 is 2.33 bits per heavy atom. The van der Waals surface area contributed by atoms with Crippen molar-refractivity contribution in [3.63, 3.8) is 0 Å². The highest BCUT2D eigenvalue weighted by Gasteiger charge is 2.20. The third-order valence-corrected chi connectivity index (χ3v) is 5.78. The first-order valence-corrected chi connectivity index (χ1v) is 11.2. The Hall–Kier alpha value is -3.91. The Labute approximate surface area is 195 Å². The van der Waals surface area contributed by atoms with Crippen LogP contribution in [0.1, 0.15) is 17.3 Å². The van der Waals surface area contributed by atoms with Crippen molar-refractivity contribution < 1.29 is 14.3 Å². The van der Waals surface area contributed by atoms with Crippen LogP contribution >= 0.6 is 11.8 Å². The van der Waals surface area contributed by atoms with Crippen molar-refractivity contribution in [3.05, 3.63) is 84.4 Å². The first-order valence-electron chi connectivity index (χ1n) is 10.2. The predicted octanol–water partition coefficient (Wildman–Crippen LogP) is 4.88. The molecule has 7 nitrogen and oxygen atoms in total. The van der Waals surface area contributed by atoms with E-state index in [1.165, 1.54) is 18.7 Å². The average Bonchev–Trinajstić information content (AvgIpc) is 3.27. The predicted molar refractivity (Wildman–Crippen MR) is 129 cm³/mol. The monoisotopic (exact) mass is 458 g/mol. The highest BCUT2D eigenvalue weighted by atomic mass is 32.2. The maximum atomic E-state index is 12.8. The quantitative estimate of drug-likeness (QED) is 0.299. The molecule has 8 heteroatoms. The maximum Gasteiger partial charge on any atom is 0.221 e. The number of aromatic nitrogens is 3. The van der Waals surface area contributed by atoms with Gasteiger partial charge in [-0.15, -0.1) is 10.2 Å². The van der Waals surface area contributed by atoms with Gasteiger partial charge >= 0.3 is 0 Å². The fourth-order valence-corrected chi connectivity index (χ4v) is 4.18. The van der Waals surface area contributed by atoms with Crippen LogP contribution in [0.25, 0.3) is 17.1 Å². The van der Waals surface area contributed by atoms with Gasteiger partial charge in [0.15, 0.2) is 16.8 Å². The number of methoxy groups -OCH3 is 1. The van der Waals surface area contributed by atoms with E-state index in [0.717, 1.165) is 11.3 Å². The van der Waals surface area contributed by atoms with Crippen molar-refractivity contribution in [1.29, 1.82) is 0 Å². The van der Waals surface area contributed by atoms with Crippen molar-refractivity contribution in [2.24, 2.45) is 0 Å². The number of carbonyl (C=O) groups is 2. The number of rotatable bonds is 8. The number of para-hydroxylation sites is 2. The summed E-state index contributed by atoms with van der Waals surface area (Å²) in [7, 11) is 1.62. The zero-order valence-corrected chi connectivity index (χ0v) is 19.0. The zero-order chi connectivity index (χ0) is 23.2. The van der Waals surface area contributed by atoms with Crippen LogP contribution in [-0.4, -0.2) is 39.3 Å². The van der Waals surface area contributed by atoms with Gasteiger partial charge in [0, 0.05) is 23.9 Å². The number of hydrogen-bond donors (Lipinski definition) is 1. The lowest BCUT2D eigenvalue weighted by Crippen LogP contribution is -2.07. The lowest BCUT2D eigenvalue weighted by molar-refractivity contribution is -0.114. The molecule has 0 atom stereocenters. The van der Waals surface area contributed by atoms with E-state index in [9.17, 15) is 9.59 Å². The van der Waals surface area contributed by atoms with Gasteiger partial charge in [0.2, 0.25) is 5.91 Å². The topological polar surface area (TPSA) is 86.1 Å². The van der Waals surface area contributed by atoms with E-state index in [-0.39, 0.29) is 17.4 Å². The van der Waals surface area contributed by atoms with Crippen molar-refractivity contribution >= 4 is 29.1 Å². The second kappa shape index (κ2) is 10.1. The third kappa shape index (κ3) is 5.12. The highest BCUT2D eigenvalue weighted by molar-refractivity contribution is 7.99. The number of carbonyl (C=O) groups excluding carboxylic acids is 2. The number of hydrogen-bond acceptors (Lipinski definition) is 6. The SMILES string of the molecule is COc1ccccc1-c1nnc(SCC(=O)c2ccc(NC(C)=O)cc2)n1-c1ccccc1. The van der Waals surface area contributed by atoms with E-state index < -0.39 is 0 Å². The minimum absolute atomic E-state index is 0.0455. The summed E-state index contributed by atoms with van der Waals surface area (Å²) < 4.78 is 7.45. The maximum absolute atomic E-state index is 12.8. The van der Waals surface area contributed by atoms with Crippen molar-refractivity contribution in [2.45, 2.75) is 12.1 Å². The highest BCUT2D eigenvalue weighted by Crippen LogP contribution is 2.33. The van der Waals surface area contributed by atoms with Gasteiger partial charge in [0.25, 0.3) is 0 Å². The molecule has 1 heterocycles. The van der Waals surface area contributed by atoms with Gasteiger partial charge < -0.3 is 10.1 Å². The molecule has 0 fully saturated rings. The van der Waals surface area contributed by atoms with Crippen molar-refractivity contribution in [1.82, 2.24) is 14.8 Å². The van der Waals surface area contributed by atoms with Crippen molar-refractivity contribution in [3.8, 4) is 22.8 Å². The molecule has 1 aromatic heterocycles. The van der Waals surface area contributed by atoms with Crippen LogP contribution in [0, 0.1) is 0 Å². The number of nitrogens with one attached hydrogen (secondary N) is 1. The number of anilines is 1. The van der Waals surface area contributed by atoms with E-state index in [1.807, 2.05) is 59.2 Å². The number of nitrogens with zero attached hydrogens (tertiary/aromatic N) is 3. The first-order chi connectivity index (χ1) is 16.1. The first kappa shape index (κ1) is 22.3. The number of ether oxygens (including phenoxy) is 1. The second-order valence-corrected chi connectivity index (χ2v) is 8.09. The van der Waals surface area contributed by atoms with Gasteiger partial charge in [-0.1, -0.05) is 42.1 Å². The Balaban J connectivity index is 1.61. The van der Waals surface area contributed by atoms with E-state index in [1.54, 1.807) is 31.4 Å². The van der Waals surface area contributed by atoms with Gasteiger partial charge in [0.05, 0.1) is 18.4 Å². The van der Waals surface area contributed by atoms with Crippen LogP contribution < -0.4 is 10.1 Å². The summed E-state index contributed by atoms with van der Waals surface area (Å²) in [5, 5.41) is 12.1. The van der Waals surface area contributed by atoms with E-state index in [0.29, 0.717) is 28.0 Å². The van der Waals surface area contributed by atoms with Crippen LogP contribution in [0.2, 0.25) is 0 Å². The molecule has 0 bridgehead atoms. The fraction of sp³-hybridized carbons (Fsp3) is 0.120. The minimum Gasteiger partial charge on any atom is -0.496 e. The molecule has 4 aromatic rings. The Kier molecular flexibility index (Phi) is 6.85. The van der Waals surface area contributed by atoms with Crippen molar-refractivity contribution in [2.75, 3.05) is 18.2 Å². The van der Waals surface area contributed by atoms with Gasteiger partial charge in [-0.2, -0.15) is 0 Å². The normalized spacial score (nSPS) is 10.6.